The van der Waals surface area contributed by atoms with Gasteiger partial charge in [0.15, 0.2) is 6.10 Å². The van der Waals surface area contributed by atoms with Crippen LogP contribution >= 0.6 is 7.60 Å². The minimum absolute atomic E-state index is 0.401. The first-order chi connectivity index (χ1) is 8.03. The number of rotatable bonds is 5. The van der Waals surface area contributed by atoms with E-state index < -0.39 is 19.7 Å². The van der Waals surface area contributed by atoms with Crippen molar-refractivity contribution in [1.29, 1.82) is 0 Å². The van der Waals surface area contributed by atoms with Gasteiger partial charge in [-0.25, -0.2) is 4.79 Å². The molecule has 0 aromatic heterocycles. The van der Waals surface area contributed by atoms with E-state index in [1.165, 1.54) is 21.1 Å². The van der Waals surface area contributed by atoms with Crippen molar-refractivity contribution in [2.45, 2.75) is 13.0 Å². The number of benzene rings is 1. The molecule has 6 heteroatoms. The second kappa shape index (κ2) is 5.96. The Bertz CT molecular complexity index is 417. The van der Waals surface area contributed by atoms with Gasteiger partial charge in [0.2, 0.25) is 0 Å². The molecule has 0 radical (unpaired) electrons. The second-order valence-corrected chi connectivity index (χ2v) is 5.37. The van der Waals surface area contributed by atoms with E-state index in [9.17, 15) is 9.36 Å². The largest absolute Gasteiger partial charge is 0.467 e. The fraction of sp³-hybridized carbons (Fsp3) is 0.364. The Kier molecular flexibility index (Phi) is 4.87. The van der Waals surface area contributed by atoms with Gasteiger partial charge >= 0.3 is 13.6 Å². The molecule has 94 valence electrons. The molecular weight excluding hydrogens is 243 g/mol. The first-order valence-electron chi connectivity index (χ1n) is 5.01. The fourth-order valence-corrected chi connectivity index (χ4v) is 2.70. The van der Waals surface area contributed by atoms with Crippen molar-refractivity contribution in [2.24, 2.45) is 0 Å². The molecule has 0 aliphatic carbocycles. The number of hydrogen-bond acceptors (Lipinski definition) is 5. The molecule has 0 amide bonds. The number of carbonyl (C=O) groups excluding carboxylic acids is 1. The highest BCUT2D eigenvalue weighted by atomic mass is 31.2. The van der Waals surface area contributed by atoms with Crippen LogP contribution in [0.2, 0.25) is 0 Å². The average molecular weight is 258 g/mol. The van der Waals surface area contributed by atoms with Gasteiger partial charge in [-0.3, -0.25) is 9.09 Å². The SMILES string of the molecule is COC(=O)[C@H](C)OP(=O)(OC)c1ccccc1. The van der Waals surface area contributed by atoms with E-state index in [4.69, 9.17) is 9.05 Å². The van der Waals surface area contributed by atoms with Gasteiger partial charge in [0, 0.05) is 7.11 Å². The Balaban J connectivity index is 2.91. The minimum atomic E-state index is -3.48. The summed E-state index contributed by atoms with van der Waals surface area (Å²) in [4.78, 5) is 11.2. The molecule has 0 bridgehead atoms. The quantitative estimate of drug-likeness (QED) is 0.594. The zero-order valence-corrected chi connectivity index (χ0v) is 10.8. The highest BCUT2D eigenvalue weighted by molar-refractivity contribution is 7.62. The van der Waals surface area contributed by atoms with E-state index in [1.807, 2.05) is 0 Å². The first kappa shape index (κ1) is 13.9. The summed E-state index contributed by atoms with van der Waals surface area (Å²) in [6.07, 6.45) is -0.953. The summed E-state index contributed by atoms with van der Waals surface area (Å²) >= 11 is 0. The molecule has 0 fully saturated rings. The van der Waals surface area contributed by atoms with Crippen LogP contribution in [0.25, 0.3) is 0 Å². The second-order valence-electron chi connectivity index (χ2n) is 3.29. The van der Waals surface area contributed by atoms with Gasteiger partial charge in [0.1, 0.15) is 0 Å². The highest BCUT2D eigenvalue weighted by Gasteiger charge is 2.31. The van der Waals surface area contributed by atoms with Gasteiger partial charge in [-0.15, -0.1) is 0 Å². The van der Waals surface area contributed by atoms with Crippen LogP contribution in [-0.4, -0.2) is 26.3 Å². The van der Waals surface area contributed by atoms with Crippen molar-refractivity contribution >= 4 is 18.9 Å². The maximum Gasteiger partial charge on any atom is 0.361 e. The smallest absolute Gasteiger partial charge is 0.361 e. The molecule has 1 unspecified atom stereocenters. The summed E-state index contributed by atoms with van der Waals surface area (Å²) in [6.45, 7) is 1.46. The molecule has 0 aliphatic rings. The van der Waals surface area contributed by atoms with E-state index in [1.54, 1.807) is 30.3 Å². The molecule has 1 rings (SSSR count). The predicted molar refractivity (Wildman–Crippen MR) is 63.3 cm³/mol. The van der Waals surface area contributed by atoms with E-state index in [0.29, 0.717) is 5.30 Å². The lowest BCUT2D eigenvalue weighted by molar-refractivity contribution is -0.148. The van der Waals surface area contributed by atoms with E-state index in [-0.39, 0.29) is 0 Å². The lowest BCUT2D eigenvalue weighted by atomic mass is 10.4. The zero-order valence-electron chi connectivity index (χ0n) is 9.95. The maximum atomic E-state index is 12.4. The summed E-state index contributed by atoms with van der Waals surface area (Å²) in [5.41, 5.74) is 0. The summed E-state index contributed by atoms with van der Waals surface area (Å²) < 4.78 is 27.0. The third-order valence-electron chi connectivity index (χ3n) is 2.14. The maximum absolute atomic E-state index is 12.4. The van der Waals surface area contributed by atoms with Crippen molar-refractivity contribution in [2.75, 3.05) is 14.2 Å². The summed E-state index contributed by atoms with van der Waals surface area (Å²) in [5, 5.41) is 0.401. The lowest BCUT2D eigenvalue weighted by Crippen LogP contribution is -2.23. The van der Waals surface area contributed by atoms with Crippen LogP contribution < -0.4 is 5.30 Å². The first-order valence-corrected chi connectivity index (χ1v) is 6.55. The molecule has 0 aliphatic heterocycles. The van der Waals surface area contributed by atoms with Crippen LogP contribution in [0, 0.1) is 0 Å². The molecule has 2 atom stereocenters. The molecule has 0 spiro atoms. The number of esters is 1. The average Bonchev–Trinajstić information content (AvgIpc) is 2.38. The Morgan fingerprint density at radius 1 is 1.24 bits per heavy atom. The molecule has 0 heterocycles. The van der Waals surface area contributed by atoms with Gasteiger partial charge in [0.25, 0.3) is 0 Å². The van der Waals surface area contributed by atoms with E-state index in [0.717, 1.165) is 0 Å². The number of ether oxygens (including phenoxy) is 1. The monoisotopic (exact) mass is 258 g/mol. The molecule has 0 N–H and O–H groups in total. The van der Waals surface area contributed by atoms with Crippen LogP contribution in [0.5, 0.6) is 0 Å². The molecular formula is C11H15O5P. The van der Waals surface area contributed by atoms with Crippen LogP contribution in [-0.2, 0) is 23.1 Å². The van der Waals surface area contributed by atoms with Crippen LogP contribution in [0.1, 0.15) is 6.92 Å². The minimum Gasteiger partial charge on any atom is -0.467 e. The Labute approximate surface area is 100 Å². The number of carbonyl (C=O) groups is 1. The van der Waals surface area contributed by atoms with E-state index >= 15 is 0 Å². The molecule has 5 nitrogen and oxygen atoms in total. The van der Waals surface area contributed by atoms with E-state index in [2.05, 4.69) is 4.74 Å². The zero-order chi connectivity index (χ0) is 12.9. The summed E-state index contributed by atoms with van der Waals surface area (Å²) in [7, 11) is -0.963. The molecule has 0 saturated heterocycles. The highest BCUT2D eigenvalue weighted by Crippen LogP contribution is 2.47. The third kappa shape index (κ3) is 3.40. The van der Waals surface area contributed by atoms with Crippen LogP contribution in [0.3, 0.4) is 0 Å². The summed E-state index contributed by atoms with van der Waals surface area (Å²) in [5.74, 6) is -0.599. The van der Waals surface area contributed by atoms with Gasteiger partial charge in [-0.1, -0.05) is 18.2 Å². The number of methoxy groups -OCH3 is 1. The fourth-order valence-electron chi connectivity index (χ4n) is 1.24. The van der Waals surface area contributed by atoms with Gasteiger partial charge in [0.05, 0.1) is 12.4 Å². The molecule has 1 aromatic carbocycles. The van der Waals surface area contributed by atoms with Crippen molar-refractivity contribution < 1.29 is 23.1 Å². The van der Waals surface area contributed by atoms with Crippen molar-refractivity contribution in [3.63, 3.8) is 0 Å². The van der Waals surface area contributed by atoms with Gasteiger partial charge in [-0.2, -0.15) is 0 Å². The van der Waals surface area contributed by atoms with Crippen LogP contribution in [0.15, 0.2) is 30.3 Å². The standard InChI is InChI=1S/C11H15O5P/c1-9(11(12)14-2)16-17(13,15-3)10-7-5-4-6-8-10/h4-9H,1-3H3/t9-,17?/m0/s1. The molecule has 0 saturated carbocycles. The summed E-state index contributed by atoms with van der Waals surface area (Å²) in [6, 6.07) is 8.45. The Morgan fingerprint density at radius 3 is 2.29 bits per heavy atom. The van der Waals surface area contributed by atoms with Crippen molar-refractivity contribution in [3.8, 4) is 0 Å². The Morgan fingerprint density at radius 2 is 1.82 bits per heavy atom. The Hall–Kier alpha value is -1.16. The lowest BCUT2D eigenvalue weighted by Gasteiger charge is -2.19. The topological polar surface area (TPSA) is 61.8 Å². The van der Waals surface area contributed by atoms with Gasteiger partial charge in [-0.05, 0) is 19.1 Å². The van der Waals surface area contributed by atoms with Crippen molar-refractivity contribution in [3.05, 3.63) is 30.3 Å². The molecule has 1 aromatic rings. The third-order valence-corrected chi connectivity index (χ3v) is 4.15. The normalized spacial score (nSPS) is 15.9. The van der Waals surface area contributed by atoms with Crippen molar-refractivity contribution in [1.82, 2.24) is 0 Å². The predicted octanol–water partition coefficient (Wildman–Crippen LogP) is 1.73. The number of hydrogen-bond donors (Lipinski definition) is 0. The van der Waals surface area contributed by atoms with Crippen LogP contribution in [0.4, 0.5) is 0 Å². The molecule has 17 heavy (non-hydrogen) atoms. The van der Waals surface area contributed by atoms with Gasteiger partial charge < -0.3 is 9.26 Å².